The molecule has 2 N–H and O–H groups in total. The van der Waals surface area contributed by atoms with E-state index >= 15 is 0 Å². The Morgan fingerprint density at radius 2 is 1.95 bits per heavy atom. The second-order valence-electron chi connectivity index (χ2n) is 6.42. The highest BCUT2D eigenvalue weighted by Crippen LogP contribution is 2.42. The van der Waals surface area contributed by atoms with E-state index in [1.165, 1.54) is 17.5 Å². The molecular weight excluding hydrogens is 266 g/mol. The van der Waals surface area contributed by atoms with E-state index in [0.717, 1.165) is 0 Å². The third-order valence-corrected chi connectivity index (χ3v) is 4.25. The van der Waals surface area contributed by atoms with Crippen LogP contribution in [-0.2, 0) is 4.79 Å². The molecule has 1 aromatic carbocycles. The molecule has 0 bridgehead atoms. The SMILES string of the molecule is CN(CC(=O)N1C[C@H](c2ccccc2)C(C)(C)C1)C(N)=O. The van der Waals surface area contributed by atoms with Gasteiger partial charge in [-0.25, -0.2) is 4.79 Å². The molecule has 0 saturated carbocycles. The summed E-state index contributed by atoms with van der Waals surface area (Å²) < 4.78 is 0. The molecule has 1 aromatic rings. The van der Waals surface area contributed by atoms with Crippen LogP contribution in [-0.4, -0.2) is 48.4 Å². The van der Waals surface area contributed by atoms with Crippen molar-refractivity contribution in [1.82, 2.24) is 9.80 Å². The van der Waals surface area contributed by atoms with Crippen LogP contribution in [0.2, 0.25) is 0 Å². The van der Waals surface area contributed by atoms with E-state index in [4.69, 9.17) is 5.73 Å². The van der Waals surface area contributed by atoms with Gasteiger partial charge in [-0.15, -0.1) is 0 Å². The lowest BCUT2D eigenvalue weighted by molar-refractivity contribution is -0.130. The molecule has 1 aliphatic rings. The van der Waals surface area contributed by atoms with E-state index in [2.05, 4.69) is 26.0 Å². The van der Waals surface area contributed by atoms with Crippen LogP contribution >= 0.6 is 0 Å². The lowest BCUT2D eigenvalue weighted by atomic mass is 9.78. The number of rotatable bonds is 3. The molecule has 0 aliphatic carbocycles. The zero-order valence-corrected chi connectivity index (χ0v) is 12.9. The standard InChI is InChI=1S/C16H23N3O2/c1-16(2)11-19(14(20)10-18(3)15(17)21)9-13(16)12-7-5-4-6-8-12/h4-8,13H,9-11H2,1-3H3,(H2,17,21)/t13-/m1/s1. The van der Waals surface area contributed by atoms with Gasteiger partial charge in [0.2, 0.25) is 5.91 Å². The summed E-state index contributed by atoms with van der Waals surface area (Å²) in [4.78, 5) is 26.4. The maximum Gasteiger partial charge on any atom is 0.314 e. The zero-order chi connectivity index (χ0) is 15.6. The summed E-state index contributed by atoms with van der Waals surface area (Å²) in [6.45, 7) is 5.76. The van der Waals surface area contributed by atoms with Crippen LogP contribution in [0.3, 0.4) is 0 Å². The number of amides is 3. The number of primary amides is 1. The van der Waals surface area contributed by atoms with Gasteiger partial charge in [0.05, 0.1) is 0 Å². The molecule has 1 heterocycles. The molecule has 1 atom stereocenters. The molecule has 0 radical (unpaired) electrons. The molecule has 114 valence electrons. The normalized spacial score (nSPS) is 20.3. The molecular formula is C16H23N3O2. The van der Waals surface area contributed by atoms with Gasteiger partial charge in [0.1, 0.15) is 6.54 Å². The number of carbonyl (C=O) groups excluding carboxylic acids is 2. The number of urea groups is 1. The molecule has 5 heteroatoms. The van der Waals surface area contributed by atoms with Crippen molar-refractivity contribution in [1.29, 1.82) is 0 Å². The Morgan fingerprint density at radius 1 is 1.33 bits per heavy atom. The van der Waals surface area contributed by atoms with Gasteiger partial charge in [0.15, 0.2) is 0 Å². The molecule has 3 amide bonds. The van der Waals surface area contributed by atoms with E-state index in [1.54, 1.807) is 0 Å². The van der Waals surface area contributed by atoms with E-state index in [1.807, 2.05) is 23.1 Å². The van der Waals surface area contributed by atoms with Crippen molar-refractivity contribution >= 4 is 11.9 Å². The van der Waals surface area contributed by atoms with E-state index in [-0.39, 0.29) is 17.9 Å². The van der Waals surface area contributed by atoms with Crippen molar-refractivity contribution in [3.63, 3.8) is 0 Å². The maximum atomic E-state index is 12.3. The lowest BCUT2D eigenvalue weighted by Gasteiger charge is -2.25. The Morgan fingerprint density at radius 3 is 2.52 bits per heavy atom. The number of hydrogen-bond acceptors (Lipinski definition) is 2. The average Bonchev–Trinajstić information content (AvgIpc) is 2.75. The summed E-state index contributed by atoms with van der Waals surface area (Å²) >= 11 is 0. The Labute approximate surface area is 125 Å². The number of likely N-dealkylation sites (tertiary alicyclic amines) is 1. The molecule has 0 spiro atoms. The van der Waals surface area contributed by atoms with Crippen LogP contribution in [0.4, 0.5) is 4.79 Å². The summed E-state index contributed by atoms with van der Waals surface area (Å²) in [5.74, 6) is 0.254. The van der Waals surface area contributed by atoms with Gasteiger partial charge in [0, 0.05) is 26.1 Å². The highest BCUT2D eigenvalue weighted by molar-refractivity contribution is 5.83. The summed E-state index contributed by atoms with van der Waals surface area (Å²) in [6.07, 6.45) is 0. The number of benzene rings is 1. The minimum Gasteiger partial charge on any atom is -0.351 e. The van der Waals surface area contributed by atoms with Crippen molar-refractivity contribution in [2.45, 2.75) is 19.8 Å². The number of hydrogen-bond donors (Lipinski definition) is 1. The lowest BCUT2D eigenvalue weighted by Crippen LogP contribution is -2.42. The van der Waals surface area contributed by atoms with Crippen LogP contribution in [0.5, 0.6) is 0 Å². The second kappa shape index (κ2) is 5.76. The average molecular weight is 289 g/mol. The molecule has 1 fully saturated rings. The fourth-order valence-corrected chi connectivity index (χ4v) is 2.95. The first-order valence-electron chi connectivity index (χ1n) is 7.14. The number of carbonyl (C=O) groups is 2. The zero-order valence-electron chi connectivity index (χ0n) is 12.9. The van der Waals surface area contributed by atoms with Crippen LogP contribution in [0.25, 0.3) is 0 Å². The van der Waals surface area contributed by atoms with Gasteiger partial charge >= 0.3 is 6.03 Å². The largest absolute Gasteiger partial charge is 0.351 e. The number of likely N-dealkylation sites (N-methyl/N-ethyl adjacent to an activating group) is 1. The molecule has 21 heavy (non-hydrogen) atoms. The van der Waals surface area contributed by atoms with Crippen LogP contribution < -0.4 is 5.73 Å². The van der Waals surface area contributed by atoms with Crippen LogP contribution in [0.15, 0.2) is 30.3 Å². The van der Waals surface area contributed by atoms with Gasteiger partial charge in [-0.3, -0.25) is 4.79 Å². The van der Waals surface area contributed by atoms with Crippen molar-refractivity contribution in [3.05, 3.63) is 35.9 Å². The predicted molar refractivity (Wildman–Crippen MR) is 81.8 cm³/mol. The Kier molecular flexibility index (Phi) is 4.21. The highest BCUT2D eigenvalue weighted by atomic mass is 16.2. The summed E-state index contributed by atoms with van der Waals surface area (Å²) in [6, 6.07) is 9.68. The minimum absolute atomic E-state index is 0.0162. The topological polar surface area (TPSA) is 66.6 Å². The van der Waals surface area contributed by atoms with E-state index in [9.17, 15) is 9.59 Å². The van der Waals surface area contributed by atoms with Gasteiger partial charge in [-0.05, 0) is 11.0 Å². The second-order valence-corrected chi connectivity index (χ2v) is 6.42. The molecule has 5 nitrogen and oxygen atoms in total. The van der Waals surface area contributed by atoms with Crippen molar-refractivity contribution in [3.8, 4) is 0 Å². The summed E-state index contributed by atoms with van der Waals surface area (Å²) in [5, 5.41) is 0. The fourth-order valence-electron chi connectivity index (χ4n) is 2.95. The number of nitrogens with zero attached hydrogens (tertiary/aromatic N) is 2. The predicted octanol–water partition coefficient (Wildman–Crippen LogP) is 1.65. The molecule has 1 aliphatic heterocycles. The van der Waals surface area contributed by atoms with Gasteiger partial charge in [0.25, 0.3) is 0 Å². The minimum atomic E-state index is -0.582. The first kappa shape index (κ1) is 15.4. The Balaban J connectivity index is 2.09. The molecule has 1 saturated heterocycles. The van der Waals surface area contributed by atoms with E-state index < -0.39 is 6.03 Å². The molecule has 0 unspecified atom stereocenters. The Hall–Kier alpha value is -2.04. The van der Waals surface area contributed by atoms with Crippen molar-refractivity contribution < 1.29 is 9.59 Å². The summed E-state index contributed by atoms with van der Waals surface area (Å²) in [5.41, 5.74) is 6.44. The third-order valence-electron chi connectivity index (χ3n) is 4.25. The van der Waals surface area contributed by atoms with Crippen LogP contribution in [0.1, 0.15) is 25.3 Å². The first-order valence-corrected chi connectivity index (χ1v) is 7.14. The quantitative estimate of drug-likeness (QED) is 0.919. The van der Waals surface area contributed by atoms with Gasteiger partial charge in [-0.1, -0.05) is 44.2 Å². The first-order chi connectivity index (χ1) is 9.81. The molecule has 2 rings (SSSR count). The number of nitrogens with two attached hydrogens (primary N) is 1. The smallest absolute Gasteiger partial charge is 0.314 e. The van der Waals surface area contributed by atoms with Gasteiger partial charge in [-0.2, -0.15) is 0 Å². The van der Waals surface area contributed by atoms with Gasteiger partial charge < -0.3 is 15.5 Å². The third kappa shape index (κ3) is 3.35. The van der Waals surface area contributed by atoms with E-state index in [0.29, 0.717) is 19.0 Å². The monoisotopic (exact) mass is 289 g/mol. The fraction of sp³-hybridized carbons (Fsp3) is 0.500. The summed E-state index contributed by atoms with van der Waals surface area (Å²) in [7, 11) is 1.54. The Bertz CT molecular complexity index is 528. The molecule has 0 aromatic heterocycles. The maximum absolute atomic E-state index is 12.3. The highest BCUT2D eigenvalue weighted by Gasteiger charge is 2.41. The van der Waals surface area contributed by atoms with Crippen molar-refractivity contribution in [2.24, 2.45) is 11.1 Å². The van der Waals surface area contributed by atoms with Crippen molar-refractivity contribution in [2.75, 3.05) is 26.7 Å². The van der Waals surface area contributed by atoms with Crippen LogP contribution in [0, 0.1) is 5.41 Å².